The third-order valence-corrected chi connectivity index (χ3v) is 2.95. The van der Waals surface area contributed by atoms with Gasteiger partial charge >= 0.3 is 5.97 Å². The fourth-order valence-corrected chi connectivity index (χ4v) is 1.86. The van der Waals surface area contributed by atoms with Crippen LogP contribution in [-0.2, 0) is 16.0 Å². The van der Waals surface area contributed by atoms with Gasteiger partial charge in [0.1, 0.15) is 17.5 Å². The Kier molecular flexibility index (Phi) is 6.15. The summed E-state index contributed by atoms with van der Waals surface area (Å²) in [5.74, 6) is 1.22. The number of hydrogen-bond acceptors (Lipinski definition) is 5. The molecule has 0 radical (unpaired) electrons. The van der Waals surface area contributed by atoms with Crippen molar-refractivity contribution in [2.45, 2.75) is 25.3 Å². The molecule has 0 heterocycles. The number of aryl methyl sites for hydroxylation is 1. The number of carbonyl (C=O) groups is 1. The van der Waals surface area contributed by atoms with Crippen molar-refractivity contribution in [2.75, 3.05) is 21.3 Å². The normalized spacial score (nSPS) is 11.8. The maximum absolute atomic E-state index is 11.2. The molecular weight excluding hydrogens is 246 g/mol. The molecule has 1 atom stereocenters. The lowest BCUT2D eigenvalue weighted by molar-refractivity contribution is -0.142. The van der Waals surface area contributed by atoms with Crippen LogP contribution >= 0.6 is 0 Å². The first kappa shape index (κ1) is 15.3. The number of esters is 1. The van der Waals surface area contributed by atoms with Gasteiger partial charge in [-0.25, -0.2) is 0 Å². The minimum Gasteiger partial charge on any atom is -0.497 e. The molecule has 0 aromatic heterocycles. The zero-order valence-corrected chi connectivity index (χ0v) is 11.6. The highest BCUT2D eigenvalue weighted by atomic mass is 16.5. The molecule has 0 spiro atoms. The summed E-state index contributed by atoms with van der Waals surface area (Å²) in [6.45, 7) is 0. The van der Waals surface area contributed by atoms with Crippen molar-refractivity contribution in [2.24, 2.45) is 5.73 Å². The summed E-state index contributed by atoms with van der Waals surface area (Å²) in [4.78, 5) is 11.2. The van der Waals surface area contributed by atoms with E-state index in [1.165, 1.54) is 7.11 Å². The molecule has 0 aliphatic rings. The highest BCUT2D eigenvalue weighted by Gasteiger charge is 2.13. The molecule has 0 aliphatic heterocycles. The van der Waals surface area contributed by atoms with E-state index in [0.717, 1.165) is 29.9 Å². The van der Waals surface area contributed by atoms with E-state index in [1.807, 2.05) is 18.2 Å². The van der Waals surface area contributed by atoms with Gasteiger partial charge < -0.3 is 19.9 Å². The van der Waals surface area contributed by atoms with Gasteiger partial charge in [-0.2, -0.15) is 0 Å². The van der Waals surface area contributed by atoms with E-state index < -0.39 is 6.04 Å². The van der Waals surface area contributed by atoms with Crippen LogP contribution in [0.3, 0.4) is 0 Å². The van der Waals surface area contributed by atoms with Crippen LogP contribution in [-0.4, -0.2) is 33.3 Å². The Hall–Kier alpha value is -1.75. The number of carbonyl (C=O) groups excluding carboxylic acids is 1. The van der Waals surface area contributed by atoms with Crippen LogP contribution in [0.4, 0.5) is 0 Å². The maximum atomic E-state index is 11.2. The van der Waals surface area contributed by atoms with E-state index in [-0.39, 0.29) is 5.97 Å². The Morgan fingerprint density at radius 2 is 2.00 bits per heavy atom. The highest BCUT2D eigenvalue weighted by molar-refractivity contribution is 5.75. The number of methoxy groups -OCH3 is 3. The molecule has 0 aliphatic carbocycles. The lowest BCUT2D eigenvalue weighted by atomic mass is 10.0. The Bertz CT molecular complexity index is 420. The minimum absolute atomic E-state index is 0.377. The van der Waals surface area contributed by atoms with E-state index in [4.69, 9.17) is 15.2 Å². The molecule has 1 aromatic carbocycles. The summed E-state index contributed by atoms with van der Waals surface area (Å²) < 4.78 is 15.1. The van der Waals surface area contributed by atoms with Gasteiger partial charge in [-0.3, -0.25) is 4.79 Å². The molecule has 5 nitrogen and oxygen atoms in total. The molecule has 1 rings (SSSR count). The number of ether oxygens (including phenoxy) is 3. The van der Waals surface area contributed by atoms with Gasteiger partial charge in [-0.1, -0.05) is 0 Å². The average molecular weight is 267 g/mol. The Morgan fingerprint density at radius 1 is 1.26 bits per heavy atom. The Morgan fingerprint density at radius 3 is 2.58 bits per heavy atom. The molecule has 1 unspecified atom stereocenters. The summed E-state index contributed by atoms with van der Waals surface area (Å²) in [5.41, 5.74) is 6.73. The molecule has 19 heavy (non-hydrogen) atoms. The maximum Gasteiger partial charge on any atom is 0.322 e. The SMILES string of the molecule is COC(=O)C(N)CCCc1cc(OC)ccc1OC. The predicted octanol–water partition coefficient (Wildman–Crippen LogP) is 1.53. The van der Waals surface area contributed by atoms with Crippen LogP contribution < -0.4 is 15.2 Å². The van der Waals surface area contributed by atoms with Gasteiger partial charge in [-0.05, 0) is 43.0 Å². The molecule has 1 aromatic rings. The molecule has 0 amide bonds. The molecule has 0 fully saturated rings. The fourth-order valence-electron chi connectivity index (χ4n) is 1.86. The van der Waals surface area contributed by atoms with Gasteiger partial charge in [0.15, 0.2) is 0 Å². The van der Waals surface area contributed by atoms with Gasteiger partial charge in [0.05, 0.1) is 21.3 Å². The zero-order chi connectivity index (χ0) is 14.3. The number of benzene rings is 1. The van der Waals surface area contributed by atoms with Crippen LogP contribution in [0.15, 0.2) is 18.2 Å². The quantitative estimate of drug-likeness (QED) is 0.758. The van der Waals surface area contributed by atoms with Crippen molar-refractivity contribution in [3.63, 3.8) is 0 Å². The summed E-state index contributed by atoms with van der Waals surface area (Å²) in [5, 5.41) is 0. The van der Waals surface area contributed by atoms with Crippen molar-refractivity contribution < 1.29 is 19.0 Å². The van der Waals surface area contributed by atoms with Crippen LogP contribution in [0.5, 0.6) is 11.5 Å². The highest BCUT2D eigenvalue weighted by Crippen LogP contribution is 2.25. The molecular formula is C14H21NO4. The first-order chi connectivity index (χ1) is 9.12. The van der Waals surface area contributed by atoms with Gasteiger partial charge in [0.2, 0.25) is 0 Å². The molecule has 0 bridgehead atoms. The summed E-state index contributed by atoms with van der Waals surface area (Å²) in [6.07, 6.45) is 2.12. The van der Waals surface area contributed by atoms with Crippen molar-refractivity contribution >= 4 is 5.97 Å². The Balaban J connectivity index is 2.59. The third kappa shape index (κ3) is 4.44. The van der Waals surface area contributed by atoms with Crippen molar-refractivity contribution in [3.05, 3.63) is 23.8 Å². The van der Waals surface area contributed by atoms with E-state index in [0.29, 0.717) is 6.42 Å². The van der Waals surface area contributed by atoms with Gasteiger partial charge in [0, 0.05) is 0 Å². The second-order valence-corrected chi connectivity index (χ2v) is 4.20. The van der Waals surface area contributed by atoms with Crippen LogP contribution in [0.2, 0.25) is 0 Å². The topological polar surface area (TPSA) is 70.8 Å². The largest absolute Gasteiger partial charge is 0.497 e. The van der Waals surface area contributed by atoms with Crippen molar-refractivity contribution in [1.82, 2.24) is 0 Å². The third-order valence-electron chi connectivity index (χ3n) is 2.95. The lowest BCUT2D eigenvalue weighted by Crippen LogP contribution is -2.31. The van der Waals surface area contributed by atoms with Crippen molar-refractivity contribution in [3.8, 4) is 11.5 Å². The van der Waals surface area contributed by atoms with E-state index in [9.17, 15) is 4.79 Å². The molecule has 2 N–H and O–H groups in total. The number of hydrogen-bond donors (Lipinski definition) is 1. The fraction of sp³-hybridized carbons (Fsp3) is 0.500. The molecule has 0 saturated heterocycles. The Labute approximate surface area is 113 Å². The molecule has 5 heteroatoms. The average Bonchev–Trinajstić information content (AvgIpc) is 2.45. The van der Waals surface area contributed by atoms with Gasteiger partial charge in [-0.15, -0.1) is 0 Å². The van der Waals surface area contributed by atoms with Gasteiger partial charge in [0.25, 0.3) is 0 Å². The number of nitrogens with two attached hydrogens (primary N) is 1. The summed E-state index contributed by atoms with van der Waals surface area (Å²) in [6, 6.07) is 5.08. The van der Waals surface area contributed by atoms with Crippen LogP contribution in [0.25, 0.3) is 0 Å². The summed E-state index contributed by atoms with van der Waals surface area (Å²) >= 11 is 0. The van der Waals surface area contributed by atoms with Crippen LogP contribution in [0.1, 0.15) is 18.4 Å². The van der Waals surface area contributed by atoms with Crippen molar-refractivity contribution in [1.29, 1.82) is 0 Å². The standard InChI is InChI=1S/C14H21NO4/c1-17-11-7-8-13(18-2)10(9-11)5-4-6-12(15)14(16)19-3/h7-9,12H,4-6,15H2,1-3H3. The number of rotatable bonds is 7. The smallest absolute Gasteiger partial charge is 0.322 e. The lowest BCUT2D eigenvalue weighted by Gasteiger charge is -2.12. The van der Waals surface area contributed by atoms with Crippen LogP contribution in [0, 0.1) is 0 Å². The monoisotopic (exact) mass is 267 g/mol. The predicted molar refractivity (Wildman–Crippen MR) is 72.5 cm³/mol. The first-order valence-corrected chi connectivity index (χ1v) is 6.16. The van der Waals surface area contributed by atoms with E-state index in [2.05, 4.69) is 4.74 Å². The second-order valence-electron chi connectivity index (χ2n) is 4.20. The molecule has 0 saturated carbocycles. The minimum atomic E-state index is -0.568. The molecule has 106 valence electrons. The van der Waals surface area contributed by atoms with E-state index in [1.54, 1.807) is 14.2 Å². The first-order valence-electron chi connectivity index (χ1n) is 6.16. The van der Waals surface area contributed by atoms with E-state index >= 15 is 0 Å². The summed E-state index contributed by atoms with van der Waals surface area (Å²) in [7, 11) is 4.59. The zero-order valence-electron chi connectivity index (χ0n) is 11.6. The second kappa shape index (κ2) is 7.63.